The van der Waals surface area contributed by atoms with Crippen molar-refractivity contribution >= 4 is 59.6 Å². The van der Waals surface area contributed by atoms with Crippen molar-refractivity contribution in [3.05, 3.63) is 0 Å². The zero-order valence-corrected chi connectivity index (χ0v) is 16.7. The van der Waals surface area contributed by atoms with E-state index in [2.05, 4.69) is 0 Å². The SMILES string of the molecule is CC(=O)[O-].ClCCC[P+](CCCCl)(CCCCl)CCCCl. The van der Waals surface area contributed by atoms with Gasteiger partial charge in [0.15, 0.2) is 0 Å². The van der Waals surface area contributed by atoms with Crippen LogP contribution in [0, 0.1) is 0 Å². The standard InChI is InChI=1S/C12H24Cl4P.C2H4O2/c13-5-1-9-17(10-2-6-14,11-3-7-15)12-4-8-16;1-2(3)4/h1-12H2;1H3,(H,3,4)/q+1;/p-1. The lowest BCUT2D eigenvalue weighted by Crippen LogP contribution is -2.16. The molecule has 0 atom stereocenters. The average molecular weight is 400 g/mol. The Kier molecular flexibility index (Phi) is 20.2. The van der Waals surface area contributed by atoms with Crippen LogP contribution in [0.1, 0.15) is 32.6 Å². The van der Waals surface area contributed by atoms with E-state index in [1.807, 2.05) is 0 Å². The molecule has 0 aliphatic carbocycles. The monoisotopic (exact) mass is 398 g/mol. The highest BCUT2D eigenvalue weighted by atomic mass is 35.5. The van der Waals surface area contributed by atoms with E-state index in [-0.39, 0.29) is 0 Å². The number of aliphatic carboxylic acids is 1. The molecule has 0 rings (SSSR count). The number of hydrogen-bond donors (Lipinski definition) is 0. The minimum absolute atomic E-state index is 0.768. The first-order valence-electron chi connectivity index (χ1n) is 7.24. The lowest BCUT2D eigenvalue weighted by Gasteiger charge is -2.27. The first-order chi connectivity index (χ1) is 9.97. The van der Waals surface area contributed by atoms with Gasteiger partial charge in [-0.2, -0.15) is 0 Å². The van der Waals surface area contributed by atoms with Crippen LogP contribution in [-0.4, -0.2) is 54.1 Å². The average Bonchev–Trinajstić information content (AvgIpc) is 2.45. The fourth-order valence-corrected chi connectivity index (χ4v) is 8.19. The summed E-state index contributed by atoms with van der Waals surface area (Å²) in [7, 11) is -0.900. The van der Waals surface area contributed by atoms with E-state index < -0.39 is 13.2 Å². The molecular formula is C14H27Cl4O2P. The third kappa shape index (κ3) is 17.2. The van der Waals surface area contributed by atoms with Crippen LogP contribution < -0.4 is 5.11 Å². The highest BCUT2D eigenvalue weighted by Gasteiger charge is 2.34. The number of halogens is 4. The van der Waals surface area contributed by atoms with Crippen molar-refractivity contribution in [2.45, 2.75) is 32.6 Å². The highest BCUT2D eigenvalue weighted by molar-refractivity contribution is 7.75. The molecular weight excluding hydrogens is 373 g/mol. The summed E-state index contributed by atoms with van der Waals surface area (Å²) < 4.78 is 0. The molecule has 0 aliphatic rings. The van der Waals surface area contributed by atoms with Gasteiger partial charge in [0.05, 0.1) is 24.6 Å². The molecule has 0 saturated carbocycles. The summed E-state index contributed by atoms with van der Waals surface area (Å²) in [6.07, 6.45) is 9.68. The van der Waals surface area contributed by atoms with Crippen molar-refractivity contribution in [3.63, 3.8) is 0 Å². The molecule has 0 saturated heterocycles. The molecule has 0 N–H and O–H groups in total. The van der Waals surface area contributed by atoms with Crippen LogP contribution in [0.15, 0.2) is 0 Å². The van der Waals surface area contributed by atoms with E-state index >= 15 is 0 Å². The van der Waals surface area contributed by atoms with Gasteiger partial charge in [0.1, 0.15) is 0 Å². The van der Waals surface area contributed by atoms with Gasteiger partial charge in [-0.3, -0.25) is 0 Å². The normalized spacial score (nSPS) is 10.9. The van der Waals surface area contributed by atoms with E-state index in [9.17, 15) is 0 Å². The number of rotatable bonds is 12. The number of carbonyl (C=O) groups is 1. The second kappa shape index (κ2) is 17.4. The van der Waals surface area contributed by atoms with Gasteiger partial charge in [0.25, 0.3) is 0 Å². The van der Waals surface area contributed by atoms with Gasteiger partial charge in [0, 0.05) is 36.8 Å². The van der Waals surface area contributed by atoms with Crippen LogP contribution in [0.5, 0.6) is 0 Å². The summed E-state index contributed by atoms with van der Waals surface area (Å²) in [6, 6.07) is 0. The topological polar surface area (TPSA) is 40.1 Å². The molecule has 21 heavy (non-hydrogen) atoms. The number of alkyl halides is 4. The van der Waals surface area contributed by atoms with Crippen LogP contribution in [-0.2, 0) is 4.79 Å². The molecule has 7 heteroatoms. The summed E-state index contributed by atoms with van der Waals surface area (Å²) in [5.74, 6) is 1.99. The summed E-state index contributed by atoms with van der Waals surface area (Å²) >= 11 is 23.4. The molecule has 0 aliphatic heterocycles. The van der Waals surface area contributed by atoms with E-state index in [1.54, 1.807) is 0 Å². The van der Waals surface area contributed by atoms with Crippen molar-refractivity contribution < 1.29 is 9.90 Å². The van der Waals surface area contributed by atoms with Gasteiger partial charge in [0.2, 0.25) is 0 Å². The van der Waals surface area contributed by atoms with E-state index in [0.29, 0.717) is 0 Å². The van der Waals surface area contributed by atoms with Crippen LogP contribution in [0.25, 0.3) is 0 Å². The second-order valence-electron chi connectivity index (χ2n) is 4.90. The first kappa shape index (κ1) is 24.3. The van der Waals surface area contributed by atoms with Crippen LogP contribution in [0.3, 0.4) is 0 Å². The Morgan fingerprint density at radius 2 is 0.952 bits per heavy atom. The van der Waals surface area contributed by atoms with E-state index in [1.165, 1.54) is 24.6 Å². The van der Waals surface area contributed by atoms with Crippen LogP contribution in [0.4, 0.5) is 0 Å². The highest BCUT2D eigenvalue weighted by Crippen LogP contribution is 2.60. The molecule has 0 heterocycles. The van der Waals surface area contributed by atoms with Crippen molar-refractivity contribution in [2.75, 3.05) is 48.2 Å². The Morgan fingerprint density at radius 3 is 1.10 bits per heavy atom. The summed E-state index contributed by atoms with van der Waals surface area (Å²) in [4.78, 5) is 8.89. The third-order valence-electron chi connectivity index (χ3n) is 3.06. The van der Waals surface area contributed by atoms with Crippen LogP contribution in [0.2, 0.25) is 0 Å². The minimum Gasteiger partial charge on any atom is -0.550 e. The lowest BCUT2D eigenvalue weighted by atomic mass is 10.5. The Bertz CT molecular complexity index is 202. The fraction of sp³-hybridized carbons (Fsp3) is 0.929. The molecule has 0 amide bonds. The minimum atomic E-state index is -1.08. The van der Waals surface area contributed by atoms with Gasteiger partial charge in [-0.1, -0.05) is 0 Å². The zero-order chi connectivity index (χ0) is 16.6. The third-order valence-corrected chi connectivity index (χ3v) is 9.19. The predicted molar refractivity (Wildman–Crippen MR) is 98.4 cm³/mol. The first-order valence-corrected chi connectivity index (χ1v) is 11.9. The Balaban J connectivity index is 0. The molecule has 128 valence electrons. The van der Waals surface area contributed by atoms with Gasteiger partial charge in [-0.15, -0.1) is 46.4 Å². The smallest absolute Gasteiger partial charge is 0.0605 e. The van der Waals surface area contributed by atoms with Crippen molar-refractivity contribution in [1.82, 2.24) is 0 Å². The molecule has 2 nitrogen and oxygen atoms in total. The summed E-state index contributed by atoms with van der Waals surface area (Å²) in [6.45, 7) is 0.972. The Morgan fingerprint density at radius 1 is 0.762 bits per heavy atom. The van der Waals surface area contributed by atoms with E-state index in [0.717, 1.165) is 56.1 Å². The molecule has 0 radical (unpaired) electrons. The van der Waals surface area contributed by atoms with Gasteiger partial charge >= 0.3 is 0 Å². The predicted octanol–water partition coefficient (Wildman–Crippen LogP) is 4.28. The Hall–Kier alpha value is 1.06. The van der Waals surface area contributed by atoms with Crippen molar-refractivity contribution in [2.24, 2.45) is 0 Å². The molecule has 0 fully saturated rings. The van der Waals surface area contributed by atoms with Gasteiger partial charge in [-0.05, 0) is 32.6 Å². The number of carboxylic acid groups (broad SMARTS) is 1. The summed E-state index contributed by atoms with van der Waals surface area (Å²) in [5.41, 5.74) is 0. The van der Waals surface area contributed by atoms with E-state index in [4.69, 9.17) is 56.3 Å². The fourth-order valence-electron chi connectivity index (χ4n) is 2.25. The van der Waals surface area contributed by atoms with Crippen molar-refractivity contribution in [1.29, 1.82) is 0 Å². The number of hydrogen-bond acceptors (Lipinski definition) is 2. The maximum atomic E-state index is 8.89. The maximum Gasteiger partial charge on any atom is 0.0605 e. The number of carboxylic acids is 1. The largest absolute Gasteiger partial charge is 0.550 e. The van der Waals surface area contributed by atoms with Gasteiger partial charge < -0.3 is 9.90 Å². The molecule has 0 spiro atoms. The quantitative estimate of drug-likeness (QED) is 0.363. The molecule has 0 aromatic heterocycles. The molecule has 0 bridgehead atoms. The zero-order valence-electron chi connectivity index (χ0n) is 12.8. The van der Waals surface area contributed by atoms with Crippen molar-refractivity contribution in [3.8, 4) is 0 Å². The van der Waals surface area contributed by atoms with Gasteiger partial charge in [-0.25, -0.2) is 0 Å². The maximum absolute atomic E-state index is 8.89. The second-order valence-corrected chi connectivity index (χ2v) is 10.9. The Labute approximate surface area is 150 Å². The lowest BCUT2D eigenvalue weighted by molar-refractivity contribution is -0.302. The number of carbonyl (C=O) groups excluding carboxylic acids is 1. The molecule has 0 aromatic rings. The summed E-state index contributed by atoms with van der Waals surface area (Å²) in [5, 5.41) is 8.89. The molecule has 0 unspecified atom stereocenters. The van der Waals surface area contributed by atoms with Crippen LogP contribution >= 0.6 is 53.7 Å². The molecule has 0 aromatic carbocycles.